The Morgan fingerprint density at radius 3 is 2.41 bits per heavy atom. The number of amides is 1. The van der Waals surface area contributed by atoms with E-state index in [0.29, 0.717) is 24.1 Å². The Hall–Kier alpha value is -2.36. The summed E-state index contributed by atoms with van der Waals surface area (Å²) in [5.74, 6) is 0.360. The van der Waals surface area contributed by atoms with Crippen molar-refractivity contribution in [3.05, 3.63) is 59.9 Å². The minimum Gasteiger partial charge on any atom is -0.491 e. The molecule has 1 N–H and O–H groups in total. The molecular weight excluding hydrogens is 341 g/mol. The van der Waals surface area contributed by atoms with Gasteiger partial charge in [0.2, 0.25) is 5.91 Å². The van der Waals surface area contributed by atoms with Gasteiger partial charge in [0.25, 0.3) is 0 Å². The Labute approximate surface area is 160 Å². The van der Waals surface area contributed by atoms with E-state index in [9.17, 15) is 9.18 Å². The highest BCUT2D eigenvalue weighted by atomic mass is 19.1. The van der Waals surface area contributed by atoms with Crippen LogP contribution < -0.4 is 10.1 Å². The minimum absolute atomic E-state index is 0.122. The second-order valence-corrected chi connectivity index (χ2v) is 7.44. The summed E-state index contributed by atoms with van der Waals surface area (Å²) in [7, 11) is 0. The molecule has 1 saturated carbocycles. The van der Waals surface area contributed by atoms with Crippen LogP contribution in [0.2, 0.25) is 0 Å². The minimum atomic E-state index is -0.796. The van der Waals surface area contributed by atoms with E-state index in [4.69, 9.17) is 4.74 Å². The molecule has 0 aromatic heterocycles. The molecule has 3 nitrogen and oxygen atoms in total. The summed E-state index contributed by atoms with van der Waals surface area (Å²) in [6.07, 6.45) is 5.39. The van der Waals surface area contributed by atoms with Gasteiger partial charge >= 0.3 is 0 Å². The molecule has 2 aromatic carbocycles. The van der Waals surface area contributed by atoms with Crippen LogP contribution in [-0.4, -0.2) is 12.0 Å². The third kappa shape index (κ3) is 4.32. The van der Waals surface area contributed by atoms with Gasteiger partial charge in [-0.15, -0.1) is 0 Å². The van der Waals surface area contributed by atoms with E-state index in [0.717, 1.165) is 31.4 Å². The number of rotatable bonds is 6. The number of halogens is 1. The first-order chi connectivity index (χ1) is 13.0. The Bertz CT molecular complexity index is 766. The zero-order valence-corrected chi connectivity index (χ0v) is 16.1. The van der Waals surface area contributed by atoms with Crippen LogP contribution in [0.4, 0.5) is 10.1 Å². The second-order valence-electron chi connectivity index (χ2n) is 7.44. The van der Waals surface area contributed by atoms with Gasteiger partial charge in [-0.1, -0.05) is 44.4 Å². The van der Waals surface area contributed by atoms with Crippen molar-refractivity contribution in [2.24, 2.45) is 0 Å². The summed E-state index contributed by atoms with van der Waals surface area (Å²) in [5, 5.41) is 3.01. The zero-order valence-electron chi connectivity index (χ0n) is 16.1. The van der Waals surface area contributed by atoms with E-state index in [1.807, 2.05) is 37.3 Å². The van der Waals surface area contributed by atoms with E-state index in [-0.39, 0.29) is 17.8 Å². The van der Waals surface area contributed by atoms with Crippen LogP contribution in [0.1, 0.15) is 57.9 Å². The molecule has 0 bridgehead atoms. The summed E-state index contributed by atoms with van der Waals surface area (Å²) in [6.45, 7) is 4.10. The first-order valence-corrected chi connectivity index (χ1v) is 9.88. The van der Waals surface area contributed by atoms with Crippen molar-refractivity contribution >= 4 is 11.6 Å². The number of carbonyl (C=O) groups excluding carboxylic acids is 1. The average molecular weight is 369 g/mol. The fourth-order valence-corrected chi connectivity index (χ4v) is 3.81. The highest BCUT2D eigenvalue weighted by Gasteiger charge is 2.42. The van der Waals surface area contributed by atoms with Gasteiger partial charge in [0.1, 0.15) is 11.6 Å². The van der Waals surface area contributed by atoms with Crippen molar-refractivity contribution in [3.8, 4) is 5.75 Å². The van der Waals surface area contributed by atoms with Crippen molar-refractivity contribution in [2.45, 2.75) is 63.9 Å². The Morgan fingerprint density at radius 1 is 1.11 bits per heavy atom. The van der Waals surface area contributed by atoms with Gasteiger partial charge in [-0.2, -0.15) is 0 Å². The molecular formula is C23H28FNO2. The lowest BCUT2D eigenvalue weighted by molar-refractivity contribution is -0.122. The third-order valence-electron chi connectivity index (χ3n) is 5.56. The van der Waals surface area contributed by atoms with Crippen LogP contribution in [0.3, 0.4) is 0 Å². The molecule has 144 valence electrons. The SMILES string of the molecule is CCC(C)Oc1ccc(NC(=O)C2(c3ccccc3F)CCCCC2)cc1. The van der Waals surface area contributed by atoms with Crippen LogP contribution in [0.25, 0.3) is 0 Å². The van der Waals surface area contributed by atoms with Crippen molar-refractivity contribution in [3.63, 3.8) is 0 Å². The maximum Gasteiger partial charge on any atom is 0.235 e. The zero-order chi connectivity index (χ0) is 19.3. The van der Waals surface area contributed by atoms with Gasteiger partial charge in [-0.05, 0) is 56.5 Å². The normalized spacial score (nSPS) is 17.1. The number of carbonyl (C=O) groups is 1. The van der Waals surface area contributed by atoms with Crippen molar-refractivity contribution in [1.29, 1.82) is 0 Å². The topological polar surface area (TPSA) is 38.3 Å². The monoisotopic (exact) mass is 369 g/mol. The molecule has 1 unspecified atom stereocenters. The maximum atomic E-state index is 14.5. The van der Waals surface area contributed by atoms with Gasteiger partial charge in [-0.25, -0.2) is 4.39 Å². The van der Waals surface area contributed by atoms with Crippen LogP contribution in [0, 0.1) is 5.82 Å². The summed E-state index contributed by atoms with van der Waals surface area (Å²) < 4.78 is 20.3. The van der Waals surface area contributed by atoms with Gasteiger partial charge in [0, 0.05) is 11.3 Å². The fourth-order valence-electron chi connectivity index (χ4n) is 3.81. The smallest absolute Gasteiger partial charge is 0.235 e. The Kier molecular flexibility index (Phi) is 6.15. The molecule has 4 heteroatoms. The van der Waals surface area contributed by atoms with Gasteiger partial charge in [0.05, 0.1) is 11.5 Å². The molecule has 0 saturated heterocycles. The lowest BCUT2D eigenvalue weighted by Crippen LogP contribution is -2.42. The molecule has 0 heterocycles. The number of hydrogen-bond donors (Lipinski definition) is 1. The predicted molar refractivity (Wildman–Crippen MR) is 107 cm³/mol. The number of anilines is 1. The van der Waals surface area contributed by atoms with E-state index >= 15 is 0 Å². The summed E-state index contributed by atoms with van der Waals surface area (Å²) in [5.41, 5.74) is 0.423. The molecule has 1 amide bonds. The third-order valence-corrected chi connectivity index (χ3v) is 5.56. The van der Waals surface area contributed by atoms with Gasteiger partial charge in [-0.3, -0.25) is 4.79 Å². The highest BCUT2D eigenvalue weighted by Crippen LogP contribution is 2.41. The van der Waals surface area contributed by atoms with Gasteiger partial charge < -0.3 is 10.1 Å². The number of ether oxygens (including phenoxy) is 1. The van der Waals surface area contributed by atoms with E-state index < -0.39 is 5.41 Å². The van der Waals surface area contributed by atoms with Crippen molar-refractivity contribution in [1.82, 2.24) is 0 Å². The lowest BCUT2D eigenvalue weighted by Gasteiger charge is -2.36. The average Bonchev–Trinajstić information content (AvgIpc) is 2.70. The van der Waals surface area contributed by atoms with Crippen LogP contribution in [0.5, 0.6) is 5.75 Å². The van der Waals surface area contributed by atoms with Crippen LogP contribution in [0.15, 0.2) is 48.5 Å². The largest absolute Gasteiger partial charge is 0.491 e. The molecule has 1 fully saturated rings. The summed E-state index contributed by atoms with van der Waals surface area (Å²) in [6, 6.07) is 14.1. The molecule has 1 aliphatic rings. The van der Waals surface area contributed by atoms with Crippen molar-refractivity contribution in [2.75, 3.05) is 5.32 Å². The van der Waals surface area contributed by atoms with E-state index in [2.05, 4.69) is 12.2 Å². The number of benzene rings is 2. The predicted octanol–water partition coefficient (Wildman–Crippen LogP) is 5.84. The van der Waals surface area contributed by atoms with Crippen LogP contribution >= 0.6 is 0 Å². The maximum absolute atomic E-state index is 14.5. The Morgan fingerprint density at radius 2 is 1.78 bits per heavy atom. The molecule has 1 aliphatic carbocycles. The molecule has 2 aromatic rings. The number of nitrogens with one attached hydrogen (secondary N) is 1. The molecule has 0 aliphatic heterocycles. The fraction of sp³-hybridized carbons (Fsp3) is 0.435. The first kappa shape index (κ1) is 19.4. The lowest BCUT2D eigenvalue weighted by atomic mass is 9.68. The Balaban J connectivity index is 1.80. The number of hydrogen-bond acceptors (Lipinski definition) is 2. The van der Waals surface area contributed by atoms with Gasteiger partial charge in [0.15, 0.2) is 0 Å². The first-order valence-electron chi connectivity index (χ1n) is 9.88. The molecule has 1 atom stereocenters. The standard InChI is InChI=1S/C23H28FNO2/c1-3-17(2)27-19-13-11-18(12-14-19)25-22(26)23(15-7-4-8-16-23)20-9-5-6-10-21(20)24/h5-6,9-14,17H,3-4,7-8,15-16H2,1-2H3,(H,25,26). The quantitative estimate of drug-likeness (QED) is 0.694. The van der Waals surface area contributed by atoms with E-state index in [1.165, 1.54) is 6.07 Å². The molecule has 3 rings (SSSR count). The molecule has 27 heavy (non-hydrogen) atoms. The highest BCUT2D eigenvalue weighted by molar-refractivity contribution is 5.99. The van der Waals surface area contributed by atoms with Crippen molar-refractivity contribution < 1.29 is 13.9 Å². The van der Waals surface area contributed by atoms with E-state index in [1.54, 1.807) is 12.1 Å². The summed E-state index contributed by atoms with van der Waals surface area (Å²) in [4.78, 5) is 13.2. The molecule has 0 radical (unpaired) electrons. The second kappa shape index (κ2) is 8.55. The molecule has 0 spiro atoms. The van der Waals surface area contributed by atoms with Crippen LogP contribution in [-0.2, 0) is 10.2 Å². The summed E-state index contributed by atoms with van der Waals surface area (Å²) >= 11 is 0.